The Morgan fingerprint density at radius 2 is 2.67 bits per heavy atom. The minimum atomic E-state index is 0.153. The van der Waals surface area contributed by atoms with Crippen molar-refractivity contribution in [2.75, 3.05) is 6.61 Å². The van der Waals surface area contributed by atoms with Gasteiger partial charge in [-0.1, -0.05) is 0 Å². The SMILES string of the molecule is O=C=C1C=NC=CCO1. The molecule has 3 nitrogen and oxygen atoms in total. The van der Waals surface area contributed by atoms with E-state index in [1.165, 1.54) is 6.21 Å². The van der Waals surface area contributed by atoms with Crippen LogP contribution < -0.4 is 0 Å². The first-order chi connectivity index (χ1) is 4.43. The summed E-state index contributed by atoms with van der Waals surface area (Å²) in [5.41, 5.74) is 0. The molecule has 0 amide bonds. The zero-order chi connectivity index (χ0) is 6.53. The highest BCUT2D eigenvalue weighted by Crippen LogP contribution is 1.93. The van der Waals surface area contributed by atoms with Gasteiger partial charge in [-0.15, -0.1) is 0 Å². The summed E-state index contributed by atoms with van der Waals surface area (Å²) in [6.07, 6.45) is 4.61. The zero-order valence-electron chi connectivity index (χ0n) is 4.70. The molecule has 0 atom stereocenters. The second kappa shape index (κ2) is 2.84. The van der Waals surface area contributed by atoms with Gasteiger partial charge in [0.1, 0.15) is 6.61 Å². The van der Waals surface area contributed by atoms with Gasteiger partial charge in [0.2, 0.25) is 5.76 Å². The molecular weight excluding hydrogens is 118 g/mol. The lowest BCUT2D eigenvalue weighted by Gasteiger charge is -1.92. The molecule has 1 aliphatic rings. The van der Waals surface area contributed by atoms with Gasteiger partial charge in [-0.2, -0.15) is 0 Å². The van der Waals surface area contributed by atoms with Crippen LogP contribution in [-0.2, 0) is 9.53 Å². The minimum absolute atomic E-state index is 0.153. The number of allylic oxidation sites excluding steroid dienone is 1. The fraction of sp³-hybridized carbons (Fsp3) is 0.167. The third kappa shape index (κ3) is 1.55. The van der Waals surface area contributed by atoms with Crippen molar-refractivity contribution in [1.29, 1.82) is 0 Å². The van der Waals surface area contributed by atoms with Crippen molar-refractivity contribution >= 4 is 12.2 Å². The van der Waals surface area contributed by atoms with Crippen LogP contribution in [0.1, 0.15) is 0 Å². The summed E-state index contributed by atoms with van der Waals surface area (Å²) in [6, 6.07) is 0. The summed E-state index contributed by atoms with van der Waals surface area (Å²) >= 11 is 0. The molecule has 0 N–H and O–H groups in total. The second-order valence-corrected chi connectivity index (χ2v) is 1.44. The van der Waals surface area contributed by atoms with Crippen LogP contribution in [0.25, 0.3) is 0 Å². The molecule has 1 rings (SSSR count). The Labute approximate surface area is 52.3 Å². The van der Waals surface area contributed by atoms with Gasteiger partial charge in [-0.25, -0.2) is 4.79 Å². The molecule has 0 aromatic rings. The van der Waals surface area contributed by atoms with Crippen LogP contribution in [0.15, 0.2) is 23.0 Å². The first-order valence-corrected chi connectivity index (χ1v) is 2.49. The van der Waals surface area contributed by atoms with Crippen LogP contribution in [0, 0.1) is 0 Å². The maximum atomic E-state index is 9.91. The summed E-state index contributed by atoms with van der Waals surface area (Å²) in [6.45, 7) is 0.393. The molecule has 0 bridgehead atoms. The number of rotatable bonds is 0. The standard InChI is InChI=1S/C6H5NO2/c8-5-6-4-7-2-1-3-9-6/h1-2,4H,3H2. The maximum Gasteiger partial charge on any atom is 0.222 e. The van der Waals surface area contributed by atoms with Crippen molar-refractivity contribution in [1.82, 2.24) is 0 Å². The van der Waals surface area contributed by atoms with E-state index in [0.29, 0.717) is 6.61 Å². The Kier molecular flexibility index (Phi) is 1.83. The first kappa shape index (κ1) is 5.79. The predicted molar refractivity (Wildman–Crippen MR) is 32.8 cm³/mol. The lowest BCUT2D eigenvalue weighted by atomic mass is 10.6. The van der Waals surface area contributed by atoms with E-state index in [1.54, 1.807) is 18.2 Å². The van der Waals surface area contributed by atoms with E-state index in [0.717, 1.165) is 0 Å². The van der Waals surface area contributed by atoms with Gasteiger partial charge in [0.05, 0.1) is 6.21 Å². The first-order valence-electron chi connectivity index (χ1n) is 2.49. The molecule has 46 valence electrons. The molecule has 0 spiro atoms. The van der Waals surface area contributed by atoms with Gasteiger partial charge in [-0.05, 0) is 6.08 Å². The molecule has 0 saturated carbocycles. The number of aliphatic imine (C=N–C) groups is 1. The smallest absolute Gasteiger partial charge is 0.222 e. The van der Waals surface area contributed by atoms with Crippen LogP contribution in [0.3, 0.4) is 0 Å². The largest absolute Gasteiger partial charge is 0.478 e. The molecule has 1 aliphatic heterocycles. The lowest BCUT2D eigenvalue weighted by molar-refractivity contribution is 0.275. The topological polar surface area (TPSA) is 38.7 Å². The molecule has 1 heterocycles. The van der Waals surface area contributed by atoms with Crippen molar-refractivity contribution in [3.05, 3.63) is 18.0 Å². The predicted octanol–water partition coefficient (Wildman–Crippen LogP) is 0.317. The van der Waals surface area contributed by atoms with Crippen molar-refractivity contribution in [3.63, 3.8) is 0 Å². The van der Waals surface area contributed by atoms with E-state index in [4.69, 9.17) is 4.74 Å². The summed E-state index contributed by atoms with van der Waals surface area (Å²) in [4.78, 5) is 13.6. The van der Waals surface area contributed by atoms with Gasteiger partial charge < -0.3 is 4.74 Å². The molecule has 0 aromatic heterocycles. The summed E-state index contributed by atoms with van der Waals surface area (Å²) < 4.78 is 4.81. The normalized spacial score (nSPS) is 16.2. The molecule has 0 radical (unpaired) electrons. The maximum absolute atomic E-state index is 9.91. The minimum Gasteiger partial charge on any atom is -0.478 e. The Balaban J connectivity index is 2.73. The number of hydrogen-bond donors (Lipinski definition) is 0. The van der Waals surface area contributed by atoms with Gasteiger partial charge in [0.15, 0.2) is 5.94 Å². The van der Waals surface area contributed by atoms with E-state index in [9.17, 15) is 4.79 Å². The van der Waals surface area contributed by atoms with Gasteiger partial charge >= 0.3 is 0 Å². The molecule has 0 fully saturated rings. The molecule has 0 saturated heterocycles. The highest BCUT2D eigenvalue weighted by atomic mass is 16.5. The molecule has 9 heavy (non-hydrogen) atoms. The molecular formula is C6H5NO2. The Morgan fingerprint density at radius 3 is 3.44 bits per heavy atom. The third-order valence-electron chi connectivity index (χ3n) is 0.819. The van der Waals surface area contributed by atoms with E-state index in [-0.39, 0.29) is 5.76 Å². The van der Waals surface area contributed by atoms with Crippen LogP contribution >= 0.6 is 0 Å². The fourth-order valence-electron chi connectivity index (χ4n) is 0.446. The van der Waals surface area contributed by atoms with Crippen molar-refractivity contribution in [2.45, 2.75) is 0 Å². The number of ether oxygens (including phenoxy) is 1. The van der Waals surface area contributed by atoms with E-state index in [2.05, 4.69) is 4.99 Å². The monoisotopic (exact) mass is 123 g/mol. The summed E-state index contributed by atoms with van der Waals surface area (Å²) in [5.74, 6) is 1.75. The van der Waals surface area contributed by atoms with Gasteiger partial charge in [0.25, 0.3) is 0 Å². The Hall–Kier alpha value is -1.34. The molecule has 0 aliphatic carbocycles. The molecule has 0 unspecified atom stereocenters. The Morgan fingerprint density at radius 1 is 1.78 bits per heavy atom. The molecule has 0 aromatic carbocycles. The van der Waals surface area contributed by atoms with Crippen molar-refractivity contribution in [2.24, 2.45) is 4.99 Å². The highest BCUT2D eigenvalue weighted by Gasteiger charge is 1.93. The number of hydrogen-bond acceptors (Lipinski definition) is 3. The van der Waals surface area contributed by atoms with Crippen LogP contribution in [0.4, 0.5) is 0 Å². The van der Waals surface area contributed by atoms with Crippen LogP contribution in [0.5, 0.6) is 0 Å². The fourth-order valence-corrected chi connectivity index (χ4v) is 0.446. The quantitative estimate of drug-likeness (QED) is 0.435. The van der Waals surface area contributed by atoms with Crippen molar-refractivity contribution < 1.29 is 9.53 Å². The summed E-state index contributed by atoms with van der Waals surface area (Å²) in [7, 11) is 0. The van der Waals surface area contributed by atoms with Gasteiger partial charge in [0, 0.05) is 6.20 Å². The van der Waals surface area contributed by atoms with Crippen LogP contribution in [-0.4, -0.2) is 18.8 Å². The number of carbonyl (C=O) groups excluding carboxylic acids is 1. The van der Waals surface area contributed by atoms with Crippen molar-refractivity contribution in [3.8, 4) is 0 Å². The van der Waals surface area contributed by atoms with Gasteiger partial charge in [-0.3, -0.25) is 4.99 Å². The second-order valence-electron chi connectivity index (χ2n) is 1.44. The van der Waals surface area contributed by atoms with Crippen LogP contribution in [0.2, 0.25) is 0 Å². The molecule has 3 heteroatoms. The van der Waals surface area contributed by atoms with E-state index < -0.39 is 0 Å². The van der Waals surface area contributed by atoms with E-state index >= 15 is 0 Å². The third-order valence-corrected chi connectivity index (χ3v) is 0.819. The average Bonchev–Trinajstić information content (AvgIpc) is 2.13. The highest BCUT2D eigenvalue weighted by molar-refractivity contribution is 5.87. The summed E-state index contributed by atoms with van der Waals surface area (Å²) in [5, 5.41) is 0. The Bertz CT molecular complexity index is 199. The zero-order valence-corrected chi connectivity index (χ0v) is 4.70. The van der Waals surface area contributed by atoms with E-state index in [1.807, 2.05) is 0 Å². The number of nitrogens with zero attached hydrogens (tertiary/aromatic N) is 1. The average molecular weight is 123 g/mol. The lowest BCUT2D eigenvalue weighted by Crippen LogP contribution is -1.91.